The maximum Gasteiger partial charge on any atom is 0.272 e. The molecule has 0 N–H and O–H groups in total. The van der Waals surface area contributed by atoms with E-state index in [-0.39, 0.29) is 17.4 Å². The lowest BCUT2D eigenvalue weighted by molar-refractivity contribution is -0.142. The molecule has 2 saturated heterocycles. The Bertz CT molecular complexity index is 588. The summed E-state index contributed by atoms with van der Waals surface area (Å²) in [6.07, 6.45) is 4.58. The maximum absolute atomic E-state index is 12.9. The summed E-state index contributed by atoms with van der Waals surface area (Å²) in [5.74, 6) is -0.00694. The monoisotopic (exact) mass is 319 g/mol. The van der Waals surface area contributed by atoms with E-state index in [1.54, 1.807) is 7.11 Å². The van der Waals surface area contributed by atoms with Gasteiger partial charge in [0.1, 0.15) is 12.0 Å². The average molecular weight is 319 g/mol. The van der Waals surface area contributed by atoms with Gasteiger partial charge in [-0.15, -0.1) is 0 Å². The number of piperidine rings is 1. The van der Waals surface area contributed by atoms with Crippen molar-refractivity contribution >= 4 is 5.91 Å². The summed E-state index contributed by atoms with van der Waals surface area (Å²) in [5, 5.41) is 0. The van der Waals surface area contributed by atoms with Crippen LogP contribution in [0.25, 0.3) is 0 Å². The highest BCUT2D eigenvalue weighted by Gasteiger charge is 2.47. The van der Waals surface area contributed by atoms with Crippen LogP contribution in [-0.4, -0.2) is 60.3 Å². The molecule has 23 heavy (non-hydrogen) atoms. The van der Waals surface area contributed by atoms with Gasteiger partial charge in [0.05, 0.1) is 12.7 Å². The zero-order valence-electron chi connectivity index (χ0n) is 14.2. The molecule has 0 bridgehead atoms. The van der Waals surface area contributed by atoms with Gasteiger partial charge < -0.3 is 14.4 Å². The number of aromatic nitrogens is 2. The van der Waals surface area contributed by atoms with Gasteiger partial charge in [0.2, 0.25) is 0 Å². The van der Waals surface area contributed by atoms with Crippen molar-refractivity contribution in [1.82, 2.24) is 14.9 Å². The van der Waals surface area contributed by atoms with Crippen molar-refractivity contribution in [3.8, 4) is 0 Å². The van der Waals surface area contributed by atoms with E-state index in [1.165, 1.54) is 6.33 Å². The first kappa shape index (κ1) is 16.3. The number of ether oxygens (including phenoxy) is 2. The van der Waals surface area contributed by atoms with Crippen LogP contribution < -0.4 is 0 Å². The van der Waals surface area contributed by atoms with E-state index in [0.717, 1.165) is 37.1 Å². The molecule has 126 valence electrons. The number of methoxy groups -OCH3 is 1. The summed E-state index contributed by atoms with van der Waals surface area (Å²) in [6.45, 7) is 6.63. The Labute approximate surface area is 137 Å². The standard InChI is InChI=1S/C17H25N3O3/c1-12-13(2)18-11-19-15(12)16(21)20-7-5-14-17(9-20,10-22-3)6-4-8-23-14/h11,14H,4-10H2,1-3H3. The van der Waals surface area contributed by atoms with Gasteiger partial charge >= 0.3 is 0 Å². The second-order valence-electron chi connectivity index (χ2n) is 6.71. The second kappa shape index (κ2) is 6.53. The molecule has 2 fully saturated rings. The predicted octanol–water partition coefficient (Wildman–Crippen LogP) is 1.75. The van der Waals surface area contributed by atoms with Gasteiger partial charge in [0, 0.05) is 43.5 Å². The van der Waals surface area contributed by atoms with Crippen LogP contribution in [-0.2, 0) is 9.47 Å². The van der Waals surface area contributed by atoms with Crippen LogP contribution in [0.4, 0.5) is 0 Å². The molecule has 1 aromatic heterocycles. The van der Waals surface area contributed by atoms with E-state index in [0.29, 0.717) is 25.4 Å². The van der Waals surface area contributed by atoms with Crippen LogP contribution in [0.5, 0.6) is 0 Å². The lowest BCUT2D eigenvalue weighted by Gasteiger charge is -2.50. The highest BCUT2D eigenvalue weighted by atomic mass is 16.5. The fourth-order valence-electron chi connectivity index (χ4n) is 3.87. The molecule has 0 radical (unpaired) electrons. The Morgan fingerprint density at radius 3 is 3.09 bits per heavy atom. The second-order valence-corrected chi connectivity index (χ2v) is 6.71. The van der Waals surface area contributed by atoms with Gasteiger partial charge in [-0.3, -0.25) is 4.79 Å². The number of likely N-dealkylation sites (tertiary alicyclic amines) is 1. The summed E-state index contributed by atoms with van der Waals surface area (Å²) in [5.41, 5.74) is 2.14. The molecule has 2 aliphatic rings. The minimum absolute atomic E-state index is 0.00694. The molecule has 2 unspecified atom stereocenters. The molecule has 1 aromatic rings. The van der Waals surface area contributed by atoms with Crippen molar-refractivity contribution in [2.75, 3.05) is 33.4 Å². The van der Waals surface area contributed by atoms with E-state index in [9.17, 15) is 4.79 Å². The van der Waals surface area contributed by atoms with Crippen LogP contribution in [0.2, 0.25) is 0 Å². The van der Waals surface area contributed by atoms with E-state index < -0.39 is 0 Å². The first-order chi connectivity index (χ1) is 11.1. The summed E-state index contributed by atoms with van der Waals surface area (Å²) in [4.78, 5) is 23.2. The van der Waals surface area contributed by atoms with Crippen LogP contribution >= 0.6 is 0 Å². The zero-order valence-corrected chi connectivity index (χ0v) is 14.2. The molecule has 6 nitrogen and oxygen atoms in total. The van der Waals surface area contributed by atoms with Crippen molar-refractivity contribution in [3.63, 3.8) is 0 Å². The van der Waals surface area contributed by atoms with Gasteiger partial charge in [-0.25, -0.2) is 9.97 Å². The molecule has 6 heteroatoms. The third-order valence-electron chi connectivity index (χ3n) is 5.25. The lowest BCUT2D eigenvalue weighted by atomic mass is 9.73. The summed E-state index contributed by atoms with van der Waals surface area (Å²) in [6, 6.07) is 0. The van der Waals surface area contributed by atoms with Crippen molar-refractivity contribution < 1.29 is 14.3 Å². The third kappa shape index (κ3) is 2.97. The van der Waals surface area contributed by atoms with Crippen LogP contribution in [0.1, 0.15) is 41.0 Å². The number of amides is 1. The van der Waals surface area contributed by atoms with Gasteiger partial charge in [0.15, 0.2) is 0 Å². The van der Waals surface area contributed by atoms with E-state index >= 15 is 0 Å². The number of carbonyl (C=O) groups excluding carboxylic acids is 1. The van der Waals surface area contributed by atoms with Crippen molar-refractivity contribution in [2.24, 2.45) is 5.41 Å². The Hall–Kier alpha value is -1.53. The smallest absolute Gasteiger partial charge is 0.272 e. The molecular weight excluding hydrogens is 294 g/mol. The normalized spacial score (nSPS) is 27.6. The highest BCUT2D eigenvalue weighted by molar-refractivity contribution is 5.93. The van der Waals surface area contributed by atoms with Crippen LogP contribution in [0.15, 0.2) is 6.33 Å². The van der Waals surface area contributed by atoms with Gasteiger partial charge in [-0.1, -0.05) is 0 Å². The topological polar surface area (TPSA) is 64.6 Å². The summed E-state index contributed by atoms with van der Waals surface area (Å²) in [7, 11) is 1.72. The molecule has 3 heterocycles. The Balaban J connectivity index is 1.83. The zero-order chi connectivity index (χ0) is 16.4. The van der Waals surface area contributed by atoms with E-state index in [4.69, 9.17) is 9.47 Å². The molecule has 2 atom stereocenters. The third-order valence-corrected chi connectivity index (χ3v) is 5.25. The van der Waals surface area contributed by atoms with Crippen molar-refractivity contribution in [3.05, 3.63) is 23.3 Å². The summed E-state index contributed by atoms with van der Waals surface area (Å²) >= 11 is 0. The van der Waals surface area contributed by atoms with Crippen LogP contribution in [0.3, 0.4) is 0 Å². The molecule has 2 aliphatic heterocycles. The maximum atomic E-state index is 12.9. The first-order valence-electron chi connectivity index (χ1n) is 8.25. The van der Waals surface area contributed by atoms with Gasteiger partial charge in [-0.2, -0.15) is 0 Å². The molecular formula is C17H25N3O3. The Kier molecular flexibility index (Phi) is 4.64. The molecule has 0 spiro atoms. The number of fused-ring (bicyclic) bond motifs is 1. The minimum atomic E-state index is -0.0864. The Morgan fingerprint density at radius 2 is 2.30 bits per heavy atom. The molecule has 0 aliphatic carbocycles. The fraction of sp³-hybridized carbons (Fsp3) is 0.706. The van der Waals surface area contributed by atoms with E-state index in [2.05, 4.69) is 9.97 Å². The first-order valence-corrected chi connectivity index (χ1v) is 8.25. The lowest BCUT2D eigenvalue weighted by Crippen LogP contribution is -2.58. The SMILES string of the molecule is COCC12CCCOC1CCN(C(=O)c1ncnc(C)c1C)C2. The number of carbonyl (C=O) groups is 1. The molecule has 1 amide bonds. The molecule has 0 saturated carbocycles. The van der Waals surface area contributed by atoms with Gasteiger partial charge in [0.25, 0.3) is 5.91 Å². The highest BCUT2D eigenvalue weighted by Crippen LogP contribution is 2.40. The predicted molar refractivity (Wildman–Crippen MR) is 85.3 cm³/mol. The number of hydrogen-bond donors (Lipinski definition) is 0. The largest absolute Gasteiger partial charge is 0.384 e. The average Bonchev–Trinajstić information content (AvgIpc) is 2.56. The van der Waals surface area contributed by atoms with Gasteiger partial charge in [-0.05, 0) is 33.1 Å². The number of rotatable bonds is 3. The van der Waals surface area contributed by atoms with Crippen LogP contribution in [0, 0.1) is 19.3 Å². The quantitative estimate of drug-likeness (QED) is 0.849. The van der Waals surface area contributed by atoms with E-state index in [1.807, 2.05) is 18.7 Å². The molecule has 0 aromatic carbocycles. The van der Waals surface area contributed by atoms with Crippen molar-refractivity contribution in [2.45, 2.75) is 39.2 Å². The number of hydrogen-bond acceptors (Lipinski definition) is 5. The number of aryl methyl sites for hydroxylation is 1. The number of nitrogens with zero attached hydrogens (tertiary/aromatic N) is 3. The Morgan fingerprint density at radius 1 is 1.48 bits per heavy atom. The summed E-state index contributed by atoms with van der Waals surface area (Å²) < 4.78 is 11.4. The minimum Gasteiger partial charge on any atom is -0.384 e. The molecule has 3 rings (SSSR count). The fourth-order valence-corrected chi connectivity index (χ4v) is 3.87. The van der Waals surface area contributed by atoms with Crippen molar-refractivity contribution in [1.29, 1.82) is 0 Å².